The van der Waals surface area contributed by atoms with Crippen molar-refractivity contribution in [2.75, 3.05) is 13.7 Å². The summed E-state index contributed by atoms with van der Waals surface area (Å²) in [6, 6.07) is 1.95. The van der Waals surface area contributed by atoms with Gasteiger partial charge in [0.2, 0.25) is 11.8 Å². The van der Waals surface area contributed by atoms with Gasteiger partial charge in [0.1, 0.15) is 0 Å². The summed E-state index contributed by atoms with van der Waals surface area (Å²) in [5.41, 5.74) is 8.03. The van der Waals surface area contributed by atoms with Crippen LogP contribution in [0.4, 0.5) is 0 Å². The molecule has 0 aliphatic rings. The van der Waals surface area contributed by atoms with E-state index in [4.69, 9.17) is 10.5 Å². The Labute approximate surface area is 119 Å². The summed E-state index contributed by atoms with van der Waals surface area (Å²) >= 11 is 0. The maximum absolute atomic E-state index is 11.1. The van der Waals surface area contributed by atoms with Crippen LogP contribution >= 0.6 is 24.8 Å². The highest BCUT2D eigenvalue weighted by Gasteiger charge is 2.10. The minimum absolute atomic E-state index is 0. The molecule has 5 nitrogen and oxygen atoms in total. The molecule has 1 aromatic heterocycles. The third-order valence-electron chi connectivity index (χ3n) is 2.28. The molecule has 0 atom stereocenters. The fraction of sp³-hybridized carbons (Fsp3) is 0.455. The van der Waals surface area contributed by atoms with E-state index in [1.54, 1.807) is 7.11 Å². The van der Waals surface area contributed by atoms with Crippen LogP contribution in [-0.4, -0.2) is 24.5 Å². The third kappa shape index (κ3) is 5.08. The van der Waals surface area contributed by atoms with Crippen molar-refractivity contribution in [3.05, 3.63) is 22.9 Å². The molecule has 0 aromatic carbocycles. The second-order valence-electron chi connectivity index (χ2n) is 3.55. The molecule has 3 N–H and O–H groups in total. The first-order valence-corrected chi connectivity index (χ1v) is 5.06. The van der Waals surface area contributed by atoms with Crippen LogP contribution in [0.15, 0.2) is 6.07 Å². The van der Waals surface area contributed by atoms with Crippen LogP contribution in [-0.2, 0) is 11.3 Å². The maximum atomic E-state index is 11.1. The lowest BCUT2D eigenvalue weighted by molar-refractivity contribution is -0.119. The number of nitrogens with zero attached hydrogens (tertiary/aromatic N) is 1. The first-order chi connectivity index (χ1) is 7.58. The SMILES string of the molecule is COc1nc(C)cc(C)c1CNC(=O)CN.Cl.Cl. The van der Waals surface area contributed by atoms with Crippen molar-refractivity contribution in [3.63, 3.8) is 0 Å². The molecule has 0 saturated heterocycles. The lowest BCUT2D eigenvalue weighted by atomic mass is 10.1. The van der Waals surface area contributed by atoms with Crippen molar-refractivity contribution >= 4 is 30.7 Å². The molecule has 0 aliphatic heterocycles. The average molecular weight is 296 g/mol. The van der Waals surface area contributed by atoms with E-state index in [2.05, 4.69) is 10.3 Å². The lowest BCUT2D eigenvalue weighted by Crippen LogP contribution is -2.30. The van der Waals surface area contributed by atoms with Gasteiger partial charge in [0, 0.05) is 17.8 Å². The molecular weight excluding hydrogens is 277 g/mol. The fourth-order valence-corrected chi connectivity index (χ4v) is 1.47. The minimum atomic E-state index is -0.193. The minimum Gasteiger partial charge on any atom is -0.481 e. The van der Waals surface area contributed by atoms with E-state index in [0.29, 0.717) is 12.4 Å². The van der Waals surface area contributed by atoms with Crippen LogP contribution in [0.25, 0.3) is 0 Å². The molecule has 1 amide bonds. The topological polar surface area (TPSA) is 77.2 Å². The van der Waals surface area contributed by atoms with Crippen LogP contribution in [0, 0.1) is 13.8 Å². The van der Waals surface area contributed by atoms with Gasteiger partial charge in [-0.05, 0) is 25.5 Å². The van der Waals surface area contributed by atoms with Gasteiger partial charge in [-0.2, -0.15) is 0 Å². The van der Waals surface area contributed by atoms with Crippen molar-refractivity contribution in [2.45, 2.75) is 20.4 Å². The third-order valence-corrected chi connectivity index (χ3v) is 2.28. The highest BCUT2D eigenvalue weighted by molar-refractivity contribution is 5.85. The number of aryl methyl sites for hydroxylation is 2. The predicted molar refractivity (Wildman–Crippen MR) is 75.7 cm³/mol. The number of methoxy groups -OCH3 is 1. The molecule has 1 aromatic rings. The largest absolute Gasteiger partial charge is 0.481 e. The van der Waals surface area contributed by atoms with Gasteiger partial charge in [-0.15, -0.1) is 24.8 Å². The highest BCUT2D eigenvalue weighted by atomic mass is 35.5. The quantitative estimate of drug-likeness (QED) is 0.873. The van der Waals surface area contributed by atoms with Gasteiger partial charge in [0.15, 0.2) is 0 Å². The summed E-state index contributed by atoms with van der Waals surface area (Å²) in [6.45, 7) is 4.23. The Bertz CT molecular complexity index is 400. The van der Waals surface area contributed by atoms with Crippen LogP contribution < -0.4 is 15.8 Å². The molecule has 0 spiro atoms. The van der Waals surface area contributed by atoms with E-state index in [9.17, 15) is 4.79 Å². The molecule has 1 heterocycles. The summed E-state index contributed by atoms with van der Waals surface area (Å²) in [5, 5.41) is 2.70. The summed E-state index contributed by atoms with van der Waals surface area (Å²) in [4.78, 5) is 15.3. The van der Waals surface area contributed by atoms with E-state index in [0.717, 1.165) is 16.8 Å². The molecule has 0 aliphatic carbocycles. The average Bonchev–Trinajstić information content (AvgIpc) is 2.26. The zero-order valence-electron chi connectivity index (χ0n) is 10.6. The summed E-state index contributed by atoms with van der Waals surface area (Å²) in [5.74, 6) is 0.358. The number of amides is 1. The number of carbonyl (C=O) groups excluding carboxylic acids is 1. The number of halogens is 2. The van der Waals surface area contributed by atoms with E-state index in [1.165, 1.54) is 0 Å². The van der Waals surface area contributed by atoms with Gasteiger partial charge >= 0.3 is 0 Å². The normalized spacial score (nSPS) is 8.89. The number of hydrogen-bond acceptors (Lipinski definition) is 4. The number of hydrogen-bond donors (Lipinski definition) is 2. The van der Waals surface area contributed by atoms with E-state index in [1.807, 2.05) is 19.9 Å². The predicted octanol–water partition coefficient (Wildman–Crippen LogP) is 1.13. The van der Waals surface area contributed by atoms with E-state index in [-0.39, 0.29) is 37.3 Å². The Kier molecular flexibility index (Phi) is 9.61. The van der Waals surface area contributed by atoms with Gasteiger partial charge in [-0.3, -0.25) is 4.79 Å². The molecule has 1 rings (SSSR count). The Balaban J connectivity index is 0. The summed E-state index contributed by atoms with van der Waals surface area (Å²) in [7, 11) is 1.56. The molecule has 0 saturated carbocycles. The van der Waals surface area contributed by atoms with Crippen LogP contribution in [0.2, 0.25) is 0 Å². The van der Waals surface area contributed by atoms with Gasteiger partial charge in [-0.1, -0.05) is 0 Å². The van der Waals surface area contributed by atoms with Crippen molar-refractivity contribution in [3.8, 4) is 5.88 Å². The van der Waals surface area contributed by atoms with Crippen molar-refractivity contribution in [2.24, 2.45) is 5.73 Å². The Hall–Kier alpha value is -1.04. The van der Waals surface area contributed by atoms with Crippen LogP contribution in [0.1, 0.15) is 16.8 Å². The second kappa shape index (κ2) is 8.97. The zero-order valence-corrected chi connectivity index (χ0v) is 12.3. The van der Waals surface area contributed by atoms with E-state index >= 15 is 0 Å². The number of aromatic nitrogens is 1. The molecule has 0 radical (unpaired) electrons. The van der Waals surface area contributed by atoms with Gasteiger partial charge in [0.05, 0.1) is 13.7 Å². The fourth-order valence-electron chi connectivity index (χ4n) is 1.47. The van der Waals surface area contributed by atoms with Crippen LogP contribution in [0.3, 0.4) is 0 Å². The molecular formula is C11H19Cl2N3O2. The van der Waals surface area contributed by atoms with Crippen molar-refractivity contribution in [1.82, 2.24) is 10.3 Å². The molecule has 18 heavy (non-hydrogen) atoms. The van der Waals surface area contributed by atoms with E-state index < -0.39 is 0 Å². The number of carbonyl (C=O) groups is 1. The Morgan fingerprint density at radius 2 is 2.06 bits per heavy atom. The van der Waals surface area contributed by atoms with Crippen LogP contribution in [0.5, 0.6) is 5.88 Å². The van der Waals surface area contributed by atoms with Gasteiger partial charge in [0.25, 0.3) is 0 Å². The Morgan fingerprint density at radius 1 is 1.44 bits per heavy atom. The zero-order chi connectivity index (χ0) is 12.1. The number of nitrogens with two attached hydrogens (primary N) is 1. The number of nitrogens with one attached hydrogen (secondary N) is 1. The number of rotatable bonds is 4. The first-order valence-electron chi connectivity index (χ1n) is 5.06. The smallest absolute Gasteiger partial charge is 0.234 e. The summed E-state index contributed by atoms with van der Waals surface area (Å²) in [6.07, 6.45) is 0. The molecule has 0 unspecified atom stereocenters. The molecule has 0 fully saturated rings. The van der Waals surface area contributed by atoms with Gasteiger partial charge in [-0.25, -0.2) is 4.98 Å². The molecule has 104 valence electrons. The highest BCUT2D eigenvalue weighted by Crippen LogP contribution is 2.20. The summed E-state index contributed by atoms with van der Waals surface area (Å²) < 4.78 is 5.18. The maximum Gasteiger partial charge on any atom is 0.234 e. The lowest BCUT2D eigenvalue weighted by Gasteiger charge is -2.12. The second-order valence-corrected chi connectivity index (χ2v) is 3.55. The Morgan fingerprint density at radius 3 is 2.56 bits per heavy atom. The standard InChI is InChI=1S/C11H17N3O2.2ClH/c1-7-4-8(2)14-11(16-3)9(7)6-13-10(15)5-12;;/h4H,5-6,12H2,1-3H3,(H,13,15);2*1H. The van der Waals surface area contributed by atoms with Gasteiger partial charge < -0.3 is 15.8 Å². The molecule has 7 heteroatoms. The monoisotopic (exact) mass is 295 g/mol. The van der Waals surface area contributed by atoms with Crippen molar-refractivity contribution in [1.29, 1.82) is 0 Å². The first kappa shape index (κ1) is 19.3. The number of ether oxygens (including phenoxy) is 1. The number of pyridine rings is 1. The molecule has 0 bridgehead atoms. The van der Waals surface area contributed by atoms with Crippen molar-refractivity contribution < 1.29 is 9.53 Å².